The van der Waals surface area contributed by atoms with Crippen LogP contribution in [0.25, 0.3) is 0 Å². The minimum Gasteiger partial charge on any atom is -0.207 e. The van der Waals surface area contributed by atoms with E-state index in [1.54, 1.807) is 12.2 Å². The molecule has 0 saturated carbocycles. The predicted molar refractivity (Wildman–Crippen MR) is 55.1 cm³/mol. The van der Waals surface area contributed by atoms with E-state index in [0.717, 1.165) is 19.3 Å². The molecule has 0 bridgehead atoms. The molecule has 0 radical (unpaired) electrons. The van der Waals surface area contributed by atoms with Gasteiger partial charge < -0.3 is 0 Å². The summed E-state index contributed by atoms with van der Waals surface area (Å²) in [6.07, 6.45) is 10.4. The molecule has 0 nitrogen and oxygen atoms in total. The van der Waals surface area contributed by atoms with Crippen molar-refractivity contribution in [2.75, 3.05) is 0 Å². The highest BCUT2D eigenvalue weighted by molar-refractivity contribution is 5.21. The Morgan fingerprint density at radius 3 is 3.00 bits per heavy atom. The van der Waals surface area contributed by atoms with Gasteiger partial charge in [0.2, 0.25) is 0 Å². The van der Waals surface area contributed by atoms with E-state index in [1.807, 2.05) is 6.08 Å². The number of hydrogen-bond donors (Lipinski definition) is 0. The van der Waals surface area contributed by atoms with Gasteiger partial charge in [-0.05, 0) is 37.8 Å². The summed E-state index contributed by atoms with van der Waals surface area (Å²) in [6.45, 7) is 4.22. The maximum absolute atomic E-state index is 13.0. The molecule has 0 aromatic carbocycles. The van der Waals surface area contributed by atoms with Crippen molar-refractivity contribution in [3.05, 3.63) is 35.7 Å². The van der Waals surface area contributed by atoms with Gasteiger partial charge in [0.05, 0.1) is 0 Å². The van der Waals surface area contributed by atoms with Crippen LogP contribution in [-0.2, 0) is 0 Å². The molecule has 0 heterocycles. The molecule has 0 amide bonds. The maximum atomic E-state index is 13.0. The van der Waals surface area contributed by atoms with Crippen molar-refractivity contribution in [1.82, 2.24) is 0 Å². The highest BCUT2D eigenvalue weighted by atomic mass is 19.1. The zero-order chi connectivity index (χ0) is 9.68. The molecule has 0 fully saturated rings. The monoisotopic (exact) mass is 180 g/mol. The van der Waals surface area contributed by atoms with Gasteiger partial charge >= 0.3 is 0 Å². The van der Waals surface area contributed by atoms with Gasteiger partial charge in [0.15, 0.2) is 0 Å². The fourth-order valence-corrected chi connectivity index (χ4v) is 1.54. The van der Waals surface area contributed by atoms with Crippen molar-refractivity contribution < 1.29 is 4.39 Å². The Labute approximate surface area is 79.8 Å². The molecule has 13 heavy (non-hydrogen) atoms. The smallest absolute Gasteiger partial charge is 0.119 e. The van der Waals surface area contributed by atoms with Crippen molar-refractivity contribution in [3.8, 4) is 0 Å². The van der Waals surface area contributed by atoms with Gasteiger partial charge in [0.25, 0.3) is 0 Å². The average Bonchev–Trinajstić information content (AvgIpc) is 2.09. The van der Waals surface area contributed by atoms with Gasteiger partial charge in [-0.15, -0.1) is 0 Å². The van der Waals surface area contributed by atoms with Crippen LogP contribution in [0.3, 0.4) is 0 Å². The van der Waals surface area contributed by atoms with Crippen LogP contribution in [0.2, 0.25) is 0 Å². The highest BCUT2D eigenvalue weighted by Gasteiger charge is 2.03. The molecular weight excluding hydrogens is 163 g/mol. The molecule has 0 spiro atoms. The third-order valence-corrected chi connectivity index (χ3v) is 2.24. The third kappa shape index (κ3) is 3.58. The standard InChI is InChI=1S/C12H17F/c1-3-4-11-6-8-12(13)7-5-10(2)9-11/h6-9,11H,3-5H2,1-2H3/b8-6-,10-9?,12-7+. The molecule has 1 atom stereocenters. The van der Waals surface area contributed by atoms with E-state index in [0.29, 0.717) is 5.92 Å². The second-order valence-electron chi connectivity index (χ2n) is 3.62. The number of halogens is 1. The number of rotatable bonds is 2. The minimum absolute atomic E-state index is 0.103. The number of allylic oxidation sites excluding steroid dienone is 6. The average molecular weight is 180 g/mol. The molecule has 1 heteroatoms. The Bertz CT molecular complexity index is 246. The SMILES string of the molecule is CCCC1C=C(C)C/C=C(F)\C=C/1. The normalized spacial score (nSPS) is 29.6. The molecular formula is C12H17F. The second-order valence-corrected chi connectivity index (χ2v) is 3.62. The summed E-state index contributed by atoms with van der Waals surface area (Å²) in [4.78, 5) is 0. The van der Waals surface area contributed by atoms with E-state index < -0.39 is 0 Å². The van der Waals surface area contributed by atoms with Crippen LogP contribution in [0.5, 0.6) is 0 Å². The van der Waals surface area contributed by atoms with Gasteiger partial charge in [0.1, 0.15) is 5.83 Å². The lowest BCUT2D eigenvalue weighted by molar-refractivity contribution is 0.644. The first kappa shape index (κ1) is 10.2. The van der Waals surface area contributed by atoms with E-state index in [9.17, 15) is 4.39 Å². The van der Waals surface area contributed by atoms with Crippen molar-refractivity contribution in [2.24, 2.45) is 5.92 Å². The summed E-state index contributed by atoms with van der Waals surface area (Å²) in [5.74, 6) is 0.318. The van der Waals surface area contributed by atoms with Crippen LogP contribution in [-0.4, -0.2) is 0 Å². The van der Waals surface area contributed by atoms with Crippen LogP contribution < -0.4 is 0 Å². The molecule has 0 aromatic rings. The topological polar surface area (TPSA) is 0 Å². The molecule has 0 N–H and O–H groups in total. The van der Waals surface area contributed by atoms with Crippen LogP contribution in [0, 0.1) is 5.92 Å². The van der Waals surface area contributed by atoms with Crippen LogP contribution in [0.1, 0.15) is 33.1 Å². The zero-order valence-corrected chi connectivity index (χ0v) is 8.39. The van der Waals surface area contributed by atoms with Gasteiger partial charge in [-0.3, -0.25) is 0 Å². The largest absolute Gasteiger partial charge is 0.207 e. The van der Waals surface area contributed by atoms with Crippen LogP contribution >= 0.6 is 0 Å². The Hall–Kier alpha value is -0.850. The first-order valence-corrected chi connectivity index (χ1v) is 4.93. The summed E-state index contributed by atoms with van der Waals surface area (Å²) in [5.41, 5.74) is 1.26. The third-order valence-electron chi connectivity index (χ3n) is 2.24. The first-order chi connectivity index (χ1) is 6.22. The maximum Gasteiger partial charge on any atom is 0.119 e. The Balaban J connectivity index is 2.74. The Morgan fingerprint density at radius 1 is 1.54 bits per heavy atom. The zero-order valence-electron chi connectivity index (χ0n) is 8.39. The summed E-state index contributed by atoms with van der Waals surface area (Å²) in [5, 5.41) is 0. The lowest BCUT2D eigenvalue weighted by Crippen LogP contribution is -1.94. The lowest BCUT2D eigenvalue weighted by atomic mass is 9.97. The minimum atomic E-state index is -0.103. The van der Waals surface area contributed by atoms with Crippen molar-refractivity contribution in [3.63, 3.8) is 0 Å². The van der Waals surface area contributed by atoms with Gasteiger partial charge in [-0.2, -0.15) is 0 Å². The molecule has 1 aliphatic rings. The highest BCUT2D eigenvalue weighted by Crippen LogP contribution is 2.19. The van der Waals surface area contributed by atoms with E-state index in [4.69, 9.17) is 0 Å². The molecule has 1 aliphatic carbocycles. The first-order valence-electron chi connectivity index (χ1n) is 4.93. The summed E-state index contributed by atoms with van der Waals surface area (Å²) in [6, 6.07) is 0. The fraction of sp³-hybridized carbons (Fsp3) is 0.500. The molecule has 72 valence electrons. The van der Waals surface area contributed by atoms with Crippen LogP contribution in [0.4, 0.5) is 4.39 Å². The summed E-state index contributed by atoms with van der Waals surface area (Å²) in [7, 11) is 0. The van der Waals surface area contributed by atoms with Crippen molar-refractivity contribution in [1.29, 1.82) is 0 Å². The second kappa shape index (κ2) is 5.00. The number of hydrogen-bond acceptors (Lipinski definition) is 0. The van der Waals surface area contributed by atoms with E-state index >= 15 is 0 Å². The van der Waals surface area contributed by atoms with Gasteiger partial charge in [-0.1, -0.05) is 31.1 Å². The van der Waals surface area contributed by atoms with Gasteiger partial charge in [0, 0.05) is 0 Å². The van der Waals surface area contributed by atoms with E-state index in [2.05, 4.69) is 19.9 Å². The quantitative estimate of drug-likeness (QED) is 0.560. The van der Waals surface area contributed by atoms with Gasteiger partial charge in [-0.25, -0.2) is 4.39 Å². The van der Waals surface area contributed by atoms with Crippen LogP contribution in [0.15, 0.2) is 35.7 Å². The summed E-state index contributed by atoms with van der Waals surface area (Å²) >= 11 is 0. The Morgan fingerprint density at radius 2 is 2.31 bits per heavy atom. The van der Waals surface area contributed by atoms with E-state index in [1.165, 1.54) is 5.57 Å². The van der Waals surface area contributed by atoms with E-state index in [-0.39, 0.29) is 5.83 Å². The summed E-state index contributed by atoms with van der Waals surface area (Å²) < 4.78 is 13.0. The lowest BCUT2D eigenvalue weighted by Gasteiger charge is -2.09. The fourth-order valence-electron chi connectivity index (χ4n) is 1.54. The molecule has 0 aliphatic heterocycles. The predicted octanol–water partition coefficient (Wildman–Crippen LogP) is 4.16. The molecule has 0 aromatic heterocycles. The Kier molecular flexibility index (Phi) is 3.94. The molecule has 1 unspecified atom stereocenters. The van der Waals surface area contributed by atoms with Crippen molar-refractivity contribution in [2.45, 2.75) is 33.1 Å². The van der Waals surface area contributed by atoms with Crippen molar-refractivity contribution >= 4 is 0 Å². The molecule has 1 rings (SSSR count). The molecule has 0 saturated heterocycles.